The van der Waals surface area contributed by atoms with Gasteiger partial charge in [0, 0.05) is 38.1 Å². The van der Waals surface area contributed by atoms with Gasteiger partial charge in [0.1, 0.15) is 6.04 Å². The molecule has 0 radical (unpaired) electrons. The Hall–Kier alpha value is -2.42. The molecule has 2 aromatic carbocycles. The molecule has 2 aromatic rings. The van der Waals surface area contributed by atoms with E-state index in [1.807, 2.05) is 26.0 Å². The average molecular weight is 494 g/mol. The molecular formula is C24H32ClN3O4S. The first-order valence-electron chi connectivity index (χ1n) is 11.0. The monoisotopic (exact) mass is 493 g/mol. The van der Waals surface area contributed by atoms with Gasteiger partial charge in [0.05, 0.1) is 4.90 Å². The van der Waals surface area contributed by atoms with Crippen molar-refractivity contribution in [3.63, 3.8) is 0 Å². The van der Waals surface area contributed by atoms with Crippen LogP contribution in [0.25, 0.3) is 0 Å². The highest BCUT2D eigenvalue weighted by atomic mass is 35.5. The van der Waals surface area contributed by atoms with Gasteiger partial charge in [-0.25, -0.2) is 12.7 Å². The number of nitrogens with one attached hydrogen (secondary N) is 1. The van der Waals surface area contributed by atoms with Crippen molar-refractivity contribution in [3.05, 3.63) is 65.2 Å². The van der Waals surface area contributed by atoms with Crippen LogP contribution in [-0.4, -0.2) is 55.6 Å². The van der Waals surface area contributed by atoms with Crippen molar-refractivity contribution >= 4 is 33.4 Å². The quantitative estimate of drug-likeness (QED) is 0.488. The second-order valence-corrected chi connectivity index (χ2v) is 10.2. The lowest BCUT2D eigenvalue weighted by Gasteiger charge is -2.31. The summed E-state index contributed by atoms with van der Waals surface area (Å²) in [6.07, 6.45) is 0.927. The first kappa shape index (κ1) is 26.8. The summed E-state index contributed by atoms with van der Waals surface area (Å²) in [4.78, 5) is 27.6. The van der Waals surface area contributed by atoms with Gasteiger partial charge in [-0.1, -0.05) is 48.9 Å². The minimum atomic E-state index is -3.62. The number of rotatable bonds is 12. The zero-order valence-corrected chi connectivity index (χ0v) is 20.9. The Morgan fingerprint density at radius 2 is 1.67 bits per heavy atom. The zero-order valence-electron chi connectivity index (χ0n) is 19.3. The predicted octanol–water partition coefficient (Wildman–Crippen LogP) is 3.68. The first-order chi connectivity index (χ1) is 15.7. The molecule has 0 fully saturated rings. The molecule has 33 heavy (non-hydrogen) atoms. The third kappa shape index (κ3) is 7.55. The lowest BCUT2D eigenvalue weighted by Crippen LogP contribution is -2.49. The highest BCUT2D eigenvalue weighted by Crippen LogP contribution is 2.18. The van der Waals surface area contributed by atoms with Crippen molar-refractivity contribution in [2.45, 2.75) is 50.6 Å². The Morgan fingerprint density at radius 1 is 1.03 bits per heavy atom. The van der Waals surface area contributed by atoms with Crippen LogP contribution in [-0.2, 0) is 26.2 Å². The van der Waals surface area contributed by atoms with Crippen LogP contribution in [0.4, 0.5) is 0 Å². The van der Waals surface area contributed by atoms with Gasteiger partial charge >= 0.3 is 0 Å². The number of nitrogens with zero attached hydrogens (tertiary/aromatic N) is 2. The standard InChI is InChI=1S/C24H32ClN3O4S/c1-4-22(24(30)26-5-2)28(18-19-13-15-20(25)16-14-19)23(29)12-9-17-27(3)33(31,32)21-10-7-6-8-11-21/h6-8,10-11,13-16,22H,4-5,9,12,17-18H2,1-3H3,(H,26,30)/t22-/m0/s1. The molecule has 9 heteroatoms. The second kappa shape index (κ2) is 12.7. The van der Waals surface area contributed by atoms with Crippen LogP contribution in [0.3, 0.4) is 0 Å². The summed E-state index contributed by atoms with van der Waals surface area (Å²) >= 11 is 5.97. The minimum absolute atomic E-state index is 0.123. The summed E-state index contributed by atoms with van der Waals surface area (Å²) < 4.78 is 26.6. The molecular weight excluding hydrogens is 462 g/mol. The third-order valence-electron chi connectivity index (χ3n) is 5.32. The molecule has 2 rings (SSSR count). The number of sulfonamides is 1. The number of halogens is 1. The van der Waals surface area contributed by atoms with Gasteiger partial charge in [0.15, 0.2) is 0 Å². The summed E-state index contributed by atoms with van der Waals surface area (Å²) in [7, 11) is -2.12. The fourth-order valence-corrected chi connectivity index (χ4v) is 4.84. The molecule has 180 valence electrons. The number of benzene rings is 2. The number of hydrogen-bond donors (Lipinski definition) is 1. The van der Waals surface area contributed by atoms with Crippen molar-refractivity contribution in [1.29, 1.82) is 0 Å². The molecule has 0 aliphatic rings. The van der Waals surface area contributed by atoms with E-state index in [2.05, 4.69) is 5.32 Å². The summed E-state index contributed by atoms with van der Waals surface area (Å²) in [6.45, 7) is 4.63. The Bertz CT molecular complexity index is 1010. The largest absolute Gasteiger partial charge is 0.355 e. The molecule has 0 saturated heterocycles. The van der Waals surface area contributed by atoms with Crippen molar-refractivity contribution in [3.8, 4) is 0 Å². The molecule has 1 atom stereocenters. The summed E-state index contributed by atoms with van der Waals surface area (Å²) in [5.74, 6) is -0.403. The maximum absolute atomic E-state index is 13.2. The maximum atomic E-state index is 13.2. The van der Waals surface area contributed by atoms with Gasteiger partial charge in [-0.3, -0.25) is 9.59 Å². The van der Waals surface area contributed by atoms with Gasteiger partial charge in [-0.05, 0) is 49.6 Å². The second-order valence-electron chi connectivity index (χ2n) is 7.71. The lowest BCUT2D eigenvalue weighted by atomic mass is 10.1. The lowest BCUT2D eigenvalue weighted by molar-refractivity contribution is -0.141. The maximum Gasteiger partial charge on any atom is 0.242 e. The van der Waals surface area contributed by atoms with Crippen LogP contribution < -0.4 is 5.32 Å². The van der Waals surface area contributed by atoms with Crippen molar-refractivity contribution in [2.24, 2.45) is 0 Å². The normalized spacial score (nSPS) is 12.4. The van der Waals surface area contributed by atoms with Crippen LogP contribution >= 0.6 is 11.6 Å². The van der Waals surface area contributed by atoms with Crippen molar-refractivity contribution in [2.75, 3.05) is 20.1 Å². The van der Waals surface area contributed by atoms with E-state index in [1.165, 1.54) is 11.4 Å². The predicted molar refractivity (Wildman–Crippen MR) is 130 cm³/mol. The van der Waals surface area contributed by atoms with Gasteiger partial charge in [0.2, 0.25) is 21.8 Å². The molecule has 2 amide bonds. The van der Waals surface area contributed by atoms with Crippen LogP contribution in [0.5, 0.6) is 0 Å². The first-order valence-corrected chi connectivity index (χ1v) is 12.9. The molecule has 0 heterocycles. The molecule has 0 aromatic heterocycles. The summed E-state index contributed by atoms with van der Waals surface area (Å²) in [5, 5.41) is 3.39. The molecule has 0 unspecified atom stereocenters. The third-order valence-corrected chi connectivity index (χ3v) is 7.44. The summed E-state index contributed by atoms with van der Waals surface area (Å²) in [5.41, 5.74) is 0.860. The van der Waals surface area contributed by atoms with Crippen LogP contribution in [0.1, 0.15) is 38.7 Å². The highest BCUT2D eigenvalue weighted by molar-refractivity contribution is 7.89. The number of amides is 2. The molecule has 0 spiro atoms. The topological polar surface area (TPSA) is 86.8 Å². The van der Waals surface area contributed by atoms with Gasteiger partial charge in [-0.15, -0.1) is 0 Å². The molecule has 0 aliphatic heterocycles. The molecule has 1 N–H and O–H groups in total. The van der Waals surface area contributed by atoms with E-state index < -0.39 is 16.1 Å². The molecule has 0 saturated carbocycles. The van der Waals surface area contributed by atoms with E-state index in [1.54, 1.807) is 47.4 Å². The highest BCUT2D eigenvalue weighted by Gasteiger charge is 2.28. The van der Waals surface area contributed by atoms with Crippen LogP contribution in [0, 0.1) is 0 Å². The van der Waals surface area contributed by atoms with Crippen molar-refractivity contribution < 1.29 is 18.0 Å². The van der Waals surface area contributed by atoms with Crippen LogP contribution in [0.2, 0.25) is 5.02 Å². The van der Waals surface area contributed by atoms with Gasteiger partial charge in [0.25, 0.3) is 0 Å². The minimum Gasteiger partial charge on any atom is -0.355 e. The number of likely N-dealkylation sites (N-methyl/N-ethyl adjacent to an activating group) is 1. The molecule has 0 aliphatic carbocycles. The smallest absolute Gasteiger partial charge is 0.242 e. The Labute approximate surface area is 201 Å². The molecule has 0 bridgehead atoms. The van der Waals surface area contributed by atoms with Gasteiger partial charge in [-0.2, -0.15) is 0 Å². The fraction of sp³-hybridized carbons (Fsp3) is 0.417. The molecule has 7 nitrogen and oxygen atoms in total. The van der Waals surface area contributed by atoms with E-state index in [0.717, 1.165) is 5.56 Å². The zero-order chi connectivity index (χ0) is 24.4. The van der Waals surface area contributed by atoms with E-state index in [9.17, 15) is 18.0 Å². The Morgan fingerprint density at radius 3 is 2.24 bits per heavy atom. The van der Waals surface area contributed by atoms with Gasteiger partial charge < -0.3 is 10.2 Å². The fourth-order valence-electron chi connectivity index (χ4n) is 3.49. The van der Waals surface area contributed by atoms with E-state index in [0.29, 0.717) is 24.4 Å². The average Bonchev–Trinajstić information content (AvgIpc) is 2.80. The number of hydrogen-bond acceptors (Lipinski definition) is 4. The number of carbonyl (C=O) groups is 2. The Kier molecular flexibility index (Phi) is 10.3. The van der Waals surface area contributed by atoms with E-state index >= 15 is 0 Å². The number of carbonyl (C=O) groups excluding carboxylic acids is 2. The van der Waals surface area contributed by atoms with Crippen molar-refractivity contribution in [1.82, 2.24) is 14.5 Å². The SMILES string of the molecule is CCNC(=O)[C@H](CC)N(Cc1ccc(Cl)cc1)C(=O)CCCN(C)S(=O)(=O)c1ccccc1. The summed E-state index contributed by atoms with van der Waals surface area (Å²) in [6, 6.07) is 14.7. The van der Waals surface area contributed by atoms with E-state index in [-0.39, 0.29) is 36.2 Å². The Balaban J connectivity index is 2.10. The van der Waals surface area contributed by atoms with E-state index in [4.69, 9.17) is 11.6 Å². The van der Waals surface area contributed by atoms with Crippen LogP contribution in [0.15, 0.2) is 59.5 Å².